The molecule has 3 heterocycles. The first-order valence-corrected chi connectivity index (χ1v) is 12.3. The van der Waals surface area contributed by atoms with E-state index in [-0.39, 0.29) is 18.1 Å². The van der Waals surface area contributed by atoms with Gasteiger partial charge >= 0.3 is 0 Å². The number of hydrogen-bond acceptors (Lipinski definition) is 5. The lowest BCUT2D eigenvalue weighted by Gasteiger charge is -2.38. The van der Waals surface area contributed by atoms with Gasteiger partial charge in [0.15, 0.2) is 0 Å². The van der Waals surface area contributed by atoms with Crippen LogP contribution >= 0.6 is 0 Å². The topological polar surface area (TPSA) is 56.2 Å². The number of aliphatic hydroxyl groups is 1. The molecule has 0 spiro atoms. The van der Waals surface area contributed by atoms with E-state index in [9.17, 15) is 9.90 Å². The Morgan fingerprint density at radius 3 is 2.48 bits per heavy atom. The van der Waals surface area contributed by atoms with Gasteiger partial charge in [-0.15, -0.1) is 0 Å². The van der Waals surface area contributed by atoms with E-state index in [0.717, 1.165) is 50.1 Å². The number of benzene rings is 2. The number of carbonyl (C=O) groups excluding carboxylic acids is 1. The zero-order valence-corrected chi connectivity index (χ0v) is 19.7. The van der Waals surface area contributed by atoms with E-state index in [2.05, 4.69) is 60.0 Å². The van der Waals surface area contributed by atoms with Gasteiger partial charge < -0.3 is 19.6 Å². The fraction of sp³-hybridized carbons (Fsp3) is 0.519. The van der Waals surface area contributed by atoms with E-state index in [1.54, 1.807) is 0 Å². The Morgan fingerprint density at radius 2 is 1.70 bits per heavy atom. The maximum Gasteiger partial charge on any atom is 0.254 e. The largest absolute Gasteiger partial charge is 0.390 e. The summed E-state index contributed by atoms with van der Waals surface area (Å²) in [5, 5.41) is 10.8. The molecule has 0 bridgehead atoms. The second-order valence-corrected chi connectivity index (χ2v) is 9.91. The summed E-state index contributed by atoms with van der Waals surface area (Å²) in [7, 11) is 0. The number of morpholine rings is 1. The first kappa shape index (κ1) is 22.4. The summed E-state index contributed by atoms with van der Waals surface area (Å²) in [6.07, 6.45) is 1.71. The van der Waals surface area contributed by atoms with Crippen LogP contribution in [0.3, 0.4) is 0 Å². The van der Waals surface area contributed by atoms with Gasteiger partial charge in [-0.1, -0.05) is 24.3 Å². The van der Waals surface area contributed by atoms with Crippen molar-refractivity contribution in [3.63, 3.8) is 0 Å². The third-order valence-electron chi connectivity index (χ3n) is 7.15. The first-order chi connectivity index (χ1) is 16.0. The van der Waals surface area contributed by atoms with E-state index >= 15 is 0 Å². The quantitative estimate of drug-likeness (QED) is 0.761. The number of aliphatic hydroxyl groups excluding tert-OH is 1. The van der Waals surface area contributed by atoms with Gasteiger partial charge in [0.2, 0.25) is 0 Å². The predicted octanol–water partition coefficient (Wildman–Crippen LogP) is 2.72. The van der Waals surface area contributed by atoms with E-state index in [4.69, 9.17) is 4.74 Å². The summed E-state index contributed by atoms with van der Waals surface area (Å²) in [6.45, 7) is 9.41. The predicted molar refractivity (Wildman–Crippen MR) is 130 cm³/mol. The monoisotopic (exact) mass is 449 g/mol. The Kier molecular flexibility index (Phi) is 6.41. The highest BCUT2D eigenvalue weighted by atomic mass is 16.5. The Morgan fingerprint density at radius 1 is 0.970 bits per heavy atom. The molecule has 2 aromatic carbocycles. The lowest BCUT2D eigenvalue weighted by Crippen LogP contribution is -2.47. The minimum absolute atomic E-state index is 0.0366. The van der Waals surface area contributed by atoms with Crippen molar-refractivity contribution in [3.05, 3.63) is 64.7 Å². The van der Waals surface area contributed by atoms with Crippen LogP contribution in [0, 0.1) is 0 Å². The number of nitrogens with zero attached hydrogens (tertiary/aromatic N) is 3. The maximum absolute atomic E-state index is 13.2. The van der Waals surface area contributed by atoms with E-state index in [1.807, 2.05) is 11.0 Å². The van der Waals surface area contributed by atoms with Crippen LogP contribution < -0.4 is 4.90 Å². The van der Waals surface area contributed by atoms with Crippen molar-refractivity contribution in [1.82, 2.24) is 9.80 Å². The van der Waals surface area contributed by atoms with Crippen molar-refractivity contribution in [1.29, 1.82) is 0 Å². The zero-order valence-electron chi connectivity index (χ0n) is 19.7. The molecule has 0 radical (unpaired) electrons. The second kappa shape index (κ2) is 9.45. The Balaban J connectivity index is 1.20. The van der Waals surface area contributed by atoms with Crippen LogP contribution in [0.5, 0.6) is 0 Å². The molecule has 6 nitrogen and oxygen atoms in total. The molecule has 176 valence electrons. The molecule has 1 unspecified atom stereocenters. The molecular formula is C27H35N3O3. The minimum Gasteiger partial charge on any atom is -0.390 e. The van der Waals surface area contributed by atoms with Crippen molar-refractivity contribution < 1.29 is 14.6 Å². The Hall–Kier alpha value is -2.41. The molecule has 33 heavy (non-hydrogen) atoms. The fourth-order valence-electron chi connectivity index (χ4n) is 5.60. The molecule has 0 saturated carbocycles. The summed E-state index contributed by atoms with van der Waals surface area (Å²) in [5.74, 6) is 0.0366. The van der Waals surface area contributed by atoms with Gasteiger partial charge in [0.1, 0.15) is 0 Å². The van der Waals surface area contributed by atoms with Crippen molar-refractivity contribution in [3.8, 4) is 0 Å². The standard InChI is InChI=1S/C27H35N3O3/c1-19-14-30(15-20(2)33-19)24-7-8-26-22(13-24)10-12-29(27(26)32)18-25(31)17-28-11-9-21-5-3-4-6-23(21)16-28/h3-8,13,19-20,25,31H,9-12,14-18H2,1-2H3/t19-,20+,25?. The molecule has 0 aromatic heterocycles. The number of fused-ring (bicyclic) bond motifs is 2. The van der Waals surface area contributed by atoms with E-state index < -0.39 is 6.10 Å². The average molecular weight is 450 g/mol. The molecule has 3 aliphatic heterocycles. The molecule has 3 atom stereocenters. The molecule has 1 saturated heterocycles. The van der Waals surface area contributed by atoms with Gasteiger partial charge in [-0.25, -0.2) is 0 Å². The Labute approximate surface area is 196 Å². The van der Waals surface area contributed by atoms with Gasteiger partial charge in [-0.05, 0) is 61.6 Å². The normalized spacial score (nSPS) is 24.4. The van der Waals surface area contributed by atoms with Gasteiger partial charge in [-0.2, -0.15) is 0 Å². The van der Waals surface area contributed by atoms with Crippen molar-refractivity contribution in [2.75, 3.05) is 44.2 Å². The average Bonchev–Trinajstić information content (AvgIpc) is 2.80. The summed E-state index contributed by atoms with van der Waals surface area (Å²) < 4.78 is 5.86. The van der Waals surface area contributed by atoms with Crippen LogP contribution in [0.4, 0.5) is 5.69 Å². The molecule has 1 amide bonds. The number of ether oxygens (including phenoxy) is 1. The highest BCUT2D eigenvalue weighted by Gasteiger charge is 2.29. The van der Waals surface area contributed by atoms with Gasteiger partial charge in [0.05, 0.1) is 18.3 Å². The van der Waals surface area contributed by atoms with Crippen LogP contribution in [0.25, 0.3) is 0 Å². The molecule has 2 aromatic rings. The molecular weight excluding hydrogens is 414 g/mol. The lowest BCUT2D eigenvalue weighted by atomic mass is 9.97. The summed E-state index contributed by atoms with van der Waals surface area (Å²) in [6, 6.07) is 14.7. The van der Waals surface area contributed by atoms with E-state index in [0.29, 0.717) is 19.6 Å². The first-order valence-electron chi connectivity index (χ1n) is 12.3. The highest BCUT2D eigenvalue weighted by Crippen LogP contribution is 2.27. The Bertz CT molecular complexity index is 1000. The van der Waals surface area contributed by atoms with Crippen LogP contribution in [-0.4, -0.2) is 78.4 Å². The van der Waals surface area contributed by atoms with Crippen LogP contribution in [0.2, 0.25) is 0 Å². The van der Waals surface area contributed by atoms with Crippen molar-refractivity contribution in [2.24, 2.45) is 0 Å². The zero-order chi connectivity index (χ0) is 22.9. The molecule has 0 aliphatic carbocycles. The number of carbonyl (C=O) groups is 1. The van der Waals surface area contributed by atoms with Crippen molar-refractivity contribution >= 4 is 11.6 Å². The van der Waals surface area contributed by atoms with Crippen LogP contribution in [0.1, 0.15) is 40.9 Å². The van der Waals surface area contributed by atoms with E-state index in [1.165, 1.54) is 16.8 Å². The third-order valence-corrected chi connectivity index (χ3v) is 7.15. The van der Waals surface area contributed by atoms with Crippen molar-refractivity contribution in [2.45, 2.75) is 51.5 Å². The number of amides is 1. The SMILES string of the molecule is C[C@@H]1CN(c2ccc3c(c2)CCN(CC(O)CN2CCc4ccccc4C2)C3=O)C[C@H](C)O1. The number of anilines is 1. The van der Waals surface area contributed by atoms with Gasteiger partial charge in [0.25, 0.3) is 5.91 Å². The smallest absolute Gasteiger partial charge is 0.254 e. The molecule has 1 fully saturated rings. The van der Waals surface area contributed by atoms with Crippen LogP contribution in [0.15, 0.2) is 42.5 Å². The molecule has 6 heteroatoms. The second-order valence-electron chi connectivity index (χ2n) is 9.91. The number of hydrogen-bond donors (Lipinski definition) is 1. The third kappa shape index (κ3) is 4.93. The van der Waals surface area contributed by atoms with Crippen LogP contribution in [-0.2, 0) is 24.1 Å². The summed E-state index contributed by atoms with van der Waals surface area (Å²) >= 11 is 0. The molecule has 1 N–H and O–H groups in total. The van der Waals surface area contributed by atoms with Gasteiger partial charge in [0, 0.05) is 57.1 Å². The fourth-order valence-corrected chi connectivity index (χ4v) is 5.60. The summed E-state index contributed by atoms with van der Waals surface area (Å²) in [4.78, 5) is 19.6. The minimum atomic E-state index is -0.545. The molecule has 3 aliphatic rings. The molecule has 5 rings (SSSR count). The lowest BCUT2D eigenvalue weighted by molar-refractivity contribution is -0.00523. The van der Waals surface area contributed by atoms with Gasteiger partial charge in [-0.3, -0.25) is 9.69 Å². The maximum atomic E-state index is 13.2. The summed E-state index contributed by atoms with van der Waals surface area (Å²) in [5.41, 5.74) is 5.81. The number of β-amino-alcohol motifs (C(OH)–C–C–N with tert-alkyl or cyclic N) is 1. The number of rotatable bonds is 5. The highest BCUT2D eigenvalue weighted by molar-refractivity contribution is 5.97.